The molecule has 0 amide bonds. The molecule has 6 aliphatic carbocycles. The lowest BCUT2D eigenvalue weighted by atomic mass is 9.48. The predicted molar refractivity (Wildman–Crippen MR) is 116 cm³/mol. The fourth-order valence-electron chi connectivity index (χ4n) is 9.13. The largest absolute Gasteiger partial charge is 0.477 e. The fourth-order valence-corrected chi connectivity index (χ4v) is 9.13. The van der Waals surface area contributed by atoms with E-state index in [0.717, 1.165) is 12.8 Å². The molecule has 7 aliphatic rings. The van der Waals surface area contributed by atoms with Gasteiger partial charge in [0, 0.05) is 12.3 Å². The van der Waals surface area contributed by atoms with Crippen molar-refractivity contribution in [3.8, 4) is 0 Å². The van der Waals surface area contributed by atoms with Crippen LogP contribution in [-0.4, -0.2) is 52.7 Å². The number of carboxylic acid groups (broad SMARTS) is 1. The number of carbonyl (C=O) groups is 4. The van der Waals surface area contributed by atoms with Crippen molar-refractivity contribution in [3.63, 3.8) is 0 Å². The molecule has 6 bridgehead atoms. The number of rotatable bonds is 7. The van der Waals surface area contributed by atoms with Gasteiger partial charge in [0.2, 0.25) is 0 Å². The fraction of sp³-hybridized carbons (Fsp3) is 0.846. The van der Waals surface area contributed by atoms with Crippen molar-refractivity contribution < 1.29 is 47.3 Å². The molecule has 0 aromatic rings. The first-order chi connectivity index (χ1) is 16.8. The molecular weight excluding hydrogens is 478 g/mol. The van der Waals surface area contributed by atoms with Gasteiger partial charge in [0.25, 0.3) is 0 Å². The molecule has 7 rings (SSSR count). The number of aliphatic carboxylic acids is 1. The van der Waals surface area contributed by atoms with Crippen LogP contribution in [0.1, 0.15) is 65.2 Å². The third-order valence-corrected chi connectivity index (χ3v) is 9.99. The van der Waals surface area contributed by atoms with Crippen LogP contribution in [0.2, 0.25) is 0 Å². The van der Waals surface area contributed by atoms with E-state index in [2.05, 4.69) is 0 Å². The third-order valence-electron chi connectivity index (χ3n) is 9.99. The molecule has 36 heavy (non-hydrogen) atoms. The van der Waals surface area contributed by atoms with Gasteiger partial charge in [-0.3, -0.25) is 14.4 Å². The zero-order valence-corrected chi connectivity index (χ0v) is 20.4. The monoisotopic (exact) mass is 510 g/mol. The number of esters is 3. The van der Waals surface area contributed by atoms with E-state index in [1.165, 1.54) is 13.8 Å². The number of hydrogen-bond donors (Lipinski definition) is 1. The number of ether oxygens (including phenoxy) is 3. The van der Waals surface area contributed by atoms with Crippen molar-refractivity contribution in [2.75, 3.05) is 0 Å². The predicted octanol–water partition coefficient (Wildman–Crippen LogP) is 3.35. The van der Waals surface area contributed by atoms with Crippen LogP contribution in [-0.2, 0) is 33.4 Å². The van der Waals surface area contributed by atoms with Crippen molar-refractivity contribution in [2.45, 2.75) is 88.9 Å². The van der Waals surface area contributed by atoms with Gasteiger partial charge in [-0.05, 0) is 68.6 Å². The van der Waals surface area contributed by atoms with Gasteiger partial charge in [0.15, 0.2) is 6.10 Å². The van der Waals surface area contributed by atoms with Gasteiger partial charge in [-0.25, -0.2) is 4.79 Å². The van der Waals surface area contributed by atoms with Gasteiger partial charge in [-0.2, -0.15) is 8.78 Å². The minimum absolute atomic E-state index is 0.0573. The van der Waals surface area contributed by atoms with Crippen LogP contribution in [0, 0.1) is 46.8 Å². The molecule has 7 fully saturated rings. The quantitative estimate of drug-likeness (QED) is 0.410. The summed E-state index contributed by atoms with van der Waals surface area (Å²) < 4.78 is 45.8. The second-order valence-corrected chi connectivity index (χ2v) is 12.8. The Balaban J connectivity index is 1.23. The highest BCUT2D eigenvalue weighted by Gasteiger charge is 2.67. The van der Waals surface area contributed by atoms with Crippen molar-refractivity contribution in [1.29, 1.82) is 0 Å². The van der Waals surface area contributed by atoms with Gasteiger partial charge in [0.05, 0.1) is 17.3 Å². The molecule has 1 aliphatic heterocycles. The van der Waals surface area contributed by atoms with Crippen molar-refractivity contribution >= 4 is 23.9 Å². The summed E-state index contributed by atoms with van der Waals surface area (Å²) in [4.78, 5) is 50.6. The summed E-state index contributed by atoms with van der Waals surface area (Å²) in [6, 6.07) is 0. The van der Waals surface area contributed by atoms with Gasteiger partial charge in [-0.1, -0.05) is 13.8 Å². The Morgan fingerprint density at radius 2 is 1.75 bits per heavy atom. The molecule has 1 heterocycles. The minimum atomic E-state index is -4.22. The van der Waals surface area contributed by atoms with E-state index < -0.39 is 58.7 Å². The maximum Gasteiger partial charge on any atom is 0.378 e. The van der Waals surface area contributed by atoms with Gasteiger partial charge >= 0.3 is 29.8 Å². The normalized spacial score (nSPS) is 44.6. The highest BCUT2D eigenvalue weighted by atomic mass is 19.3. The van der Waals surface area contributed by atoms with E-state index in [9.17, 15) is 28.0 Å². The summed E-state index contributed by atoms with van der Waals surface area (Å²) in [5, 5.41) is 9.03. The Labute approximate surface area is 207 Å². The zero-order valence-electron chi connectivity index (χ0n) is 20.4. The molecule has 198 valence electrons. The smallest absolute Gasteiger partial charge is 0.378 e. The summed E-state index contributed by atoms with van der Waals surface area (Å²) in [6.45, 7) is 2.79. The molecule has 1 N–H and O–H groups in total. The maximum atomic E-state index is 14.4. The Bertz CT molecular complexity index is 1010. The lowest BCUT2D eigenvalue weighted by Gasteiger charge is -2.60. The summed E-state index contributed by atoms with van der Waals surface area (Å²) in [5.74, 6) is -9.69. The van der Waals surface area contributed by atoms with Crippen LogP contribution in [0.15, 0.2) is 0 Å². The molecule has 8 atom stereocenters. The van der Waals surface area contributed by atoms with Crippen LogP contribution >= 0.6 is 0 Å². The highest BCUT2D eigenvalue weighted by Crippen LogP contribution is 2.64. The van der Waals surface area contributed by atoms with Crippen molar-refractivity contribution in [2.24, 2.45) is 46.8 Å². The number of alkyl halides is 2. The van der Waals surface area contributed by atoms with E-state index in [1.54, 1.807) is 0 Å². The number of carbonyl (C=O) groups excluding carboxylic acids is 3. The van der Waals surface area contributed by atoms with Crippen molar-refractivity contribution in [3.05, 3.63) is 0 Å². The first-order valence-corrected chi connectivity index (χ1v) is 13.1. The van der Waals surface area contributed by atoms with Gasteiger partial charge in [0.1, 0.15) is 11.7 Å². The van der Waals surface area contributed by atoms with E-state index in [4.69, 9.17) is 19.3 Å². The first kappa shape index (κ1) is 24.1. The van der Waals surface area contributed by atoms with Crippen LogP contribution in [0.3, 0.4) is 0 Å². The number of hydrogen-bond acceptors (Lipinski definition) is 7. The molecule has 10 heteroatoms. The standard InChI is InChI=1S/C26H32F2O8/c1-11(2)19(26(27,28)22(31)32)35-23(33)24-6-12-3-13(7-24)9-25(8-12,10-24)36-21(30)17-14-4-15-16(5-14)34-20(29)18(15)17/h11-19H,3-10H2,1-2H3,(H,31,32). The summed E-state index contributed by atoms with van der Waals surface area (Å²) in [7, 11) is 0. The Kier molecular flexibility index (Phi) is 5.11. The van der Waals surface area contributed by atoms with E-state index >= 15 is 0 Å². The maximum absolute atomic E-state index is 14.4. The average Bonchev–Trinajstić information content (AvgIpc) is 3.38. The number of halogens is 2. The highest BCUT2D eigenvalue weighted by molar-refractivity contribution is 5.86. The second-order valence-electron chi connectivity index (χ2n) is 12.8. The molecule has 1 saturated heterocycles. The average molecular weight is 511 g/mol. The van der Waals surface area contributed by atoms with E-state index in [1.807, 2.05) is 0 Å². The second kappa shape index (κ2) is 7.63. The first-order valence-electron chi connectivity index (χ1n) is 13.1. The minimum Gasteiger partial charge on any atom is -0.477 e. The van der Waals surface area contributed by atoms with E-state index in [-0.39, 0.29) is 42.2 Å². The van der Waals surface area contributed by atoms with E-state index in [0.29, 0.717) is 32.1 Å². The molecule has 0 radical (unpaired) electrons. The SMILES string of the molecule is CC(C)C(OC(=O)C12CC3CC(CC(OC(=O)C4C5CC6OC(=O)C4C6C5)(C3)C1)C2)C(F)(F)C(=O)O. The summed E-state index contributed by atoms with van der Waals surface area (Å²) >= 11 is 0. The van der Waals surface area contributed by atoms with Crippen molar-refractivity contribution in [1.82, 2.24) is 0 Å². The zero-order chi connectivity index (χ0) is 25.8. The van der Waals surface area contributed by atoms with Gasteiger partial charge < -0.3 is 19.3 Å². The van der Waals surface area contributed by atoms with Crippen LogP contribution in [0.25, 0.3) is 0 Å². The molecule has 8 nitrogen and oxygen atoms in total. The van der Waals surface area contributed by atoms with Crippen LogP contribution in [0.4, 0.5) is 8.78 Å². The Hall–Kier alpha value is -2.26. The van der Waals surface area contributed by atoms with Crippen LogP contribution < -0.4 is 0 Å². The molecule has 8 unspecified atom stereocenters. The summed E-state index contributed by atoms with van der Waals surface area (Å²) in [5.41, 5.74) is -1.98. The molecule has 0 aromatic heterocycles. The lowest BCUT2D eigenvalue weighted by molar-refractivity contribution is -0.229. The third kappa shape index (κ3) is 3.34. The lowest BCUT2D eigenvalue weighted by Crippen LogP contribution is -2.61. The molecule has 0 spiro atoms. The number of fused-ring (bicyclic) bond motifs is 1. The topological polar surface area (TPSA) is 116 Å². The Morgan fingerprint density at radius 1 is 1.08 bits per heavy atom. The molecular formula is C26H32F2O8. The van der Waals surface area contributed by atoms with Gasteiger partial charge in [-0.15, -0.1) is 0 Å². The molecule has 6 saturated carbocycles. The van der Waals surface area contributed by atoms with Crippen LogP contribution in [0.5, 0.6) is 0 Å². The Morgan fingerprint density at radius 3 is 2.36 bits per heavy atom. The molecule has 0 aromatic carbocycles. The summed E-state index contributed by atoms with van der Waals surface area (Å²) in [6.07, 6.45) is 2.43. The number of carboxylic acids is 1.